The lowest BCUT2D eigenvalue weighted by Crippen LogP contribution is -2.27. The normalized spacial score (nSPS) is 11.5. The third-order valence-electron chi connectivity index (χ3n) is 4.37. The summed E-state index contributed by atoms with van der Waals surface area (Å²) in [6, 6.07) is 13.5. The van der Waals surface area contributed by atoms with Crippen LogP contribution < -0.4 is 10.4 Å². The maximum absolute atomic E-state index is 13.2. The monoisotopic (exact) mass is 369 g/mol. The SMILES string of the molecule is COc1ccc2oc(=O)cc(CN(Cc3ccc(F)cc3)CC(C)C)c2c1. The summed E-state index contributed by atoms with van der Waals surface area (Å²) in [6.45, 7) is 6.41. The van der Waals surface area contributed by atoms with E-state index in [9.17, 15) is 9.18 Å². The summed E-state index contributed by atoms with van der Waals surface area (Å²) in [5, 5.41) is 0.863. The molecule has 2 aromatic carbocycles. The molecular weight excluding hydrogens is 345 g/mol. The van der Waals surface area contributed by atoms with Crippen LogP contribution in [0, 0.1) is 11.7 Å². The van der Waals surface area contributed by atoms with Crippen molar-refractivity contribution in [2.45, 2.75) is 26.9 Å². The molecule has 0 bridgehead atoms. The number of rotatable bonds is 7. The largest absolute Gasteiger partial charge is 0.497 e. The molecule has 142 valence electrons. The molecule has 0 aliphatic carbocycles. The zero-order valence-electron chi connectivity index (χ0n) is 15.9. The zero-order valence-corrected chi connectivity index (χ0v) is 15.9. The second kappa shape index (κ2) is 8.35. The Morgan fingerprint density at radius 3 is 2.48 bits per heavy atom. The van der Waals surface area contributed by atoms with Gasteiger partial charge in [-0.15, -0.1) is 0 Å². The number of methoxy groups -OCH3 is 1. The van der Waals surface area contributed by atoms with Crippen molar-refractivity contribution in [2.75, 3.05) is 13.7 Å². The van der Waals surface area contributed by atoms with Crippen molar-refractivity contribution < 1.29 is 13.5 Å². The summed E-state index contributed by atoms with van der Waals surface area (Å²) in [7, 11) is 1.61. The lowest BCUT2D eigenvalue weighted by atomic mass is 10.1. The van der Waals surface area contributed by atoms with Crippen molar-refractivity contribution in [2.24, 2.45) is 5.92 Å². The maximum Gasteiger partial charge on any atom is 0.336 e. The average Bonchev–Trinajstić information content (AvgIpc) is 2.62. The van der Waals surface area contributed by atoms with Crippen LogP contribution in [0.25, 0.3) is 11.0 Å². The quantitative estimate of drug-likeness (QED) is 0.571. The Labute approximate surface area is 158 Å². The van der Waals surface area contributed by atoms with E-state index in [1.807, 2.05) is 6.07 Å². The van der Waals surface area contributed by atoms with Gasteiger partial charge in [-0.1, -0.05) is 26.0 Å². The molecule has 0 aliphatic rings. The second-order valence-corrected chi connectivity index (χ2v) is 7.14. The van der Waals surface area contributed by atoms with Crippen LogP contribution in [0.5, 0.6) is 5.75 Å². The van der Waals surface area contributed by atoms with Gasteiger partial charge in [-0.3, -0.25) is 4.90 Å². The van der Waals surface area contributed by atoms with Gasteiger partial charge in [0, 0.05) is 31.1 Å². The predicted octanol–water partition coefficient (Wildman–Crippen LogP) is 4.60. The van der Waals surface area contributed by atoms with Gasteiger partial charge in [-0.25, -0.2) is 9.18 Å². The molecule has 0 spiro atoms. The molecule has 0 radical (unpaired) electrons. The van der Waals surface area contributed by atoms with Gasteiger partial charge in [-0.2, -0.15) is 0 Å². The smallest absolute Gasteiger partial charge is 0.336 e. The van der Waals surface area contributed by atoms with Crippen LogP contribution in [-0.4, -0.2) is 18.6 Å². The predicted molar refractivity (Wildman–Crippen MR) is 104 cm³/mol. The second-order valence-electron chi connectivity index (χ2n) is 7.14. The van der Waals surface area contributed by atoms with E-state index < -0.39 is 0 Å². The van der Waals surface area contributed by atoms with Crippen LogP contribution in [-0.2, 0) is 13.1 Å². The van der Waals surface area contributed by atoms with E-state index >= 15 is 0 Å². The molecule has 0 fully saturated rings. The molecule has 3 aromatic rings. The molecule has 1 aromatic heterocycles. The van der Waals surface area contributed by atoms with Crippen LogP contribution >= 0.6 is 0 Å². The third-order valence-corrected chi connectivity index (χ3v) is 4.37. The molecule has 4 nitrogen and oxygen atoms in total. The Kier molecular flexibility index (Phi) is 5.91. The summed E-state index contributed by atoms with van der Waals surface area (Å²) in [5.41, 5.74) is 2.10. The number of halogens is 1. The number of fused-ring (bicyclic) bond motifs is 1. The van der Waals surface area contributed by atoms with Gasteiger partial charge in [0.15, 0.2) is 0 Å². The molecule has 0 saturated heterocycles. The minimum atomic E-state index is -0.367. The molecule has 0 aliphatic heterocycles. The number of benzene rings is 2. The molecule has 0 unspecified atom stereocenters. The summed E-state index contributed by atoms with van der Waals surface area (Å²) < 4.78 is 23.8. The van der Waals surface area contributed by atoms with Gasteiger partial charge in [0.2, 0.25) is 0 Å². The molecule has 27 heavy (non-hydrogen) atoms. The van der Waals surface area contributed by atoms with Crippen molar-refractivity contribution in [1.82, 2.24) is 4.90 Å². The van der Waals surface area contributed by atoms with E-state index in [-0.39, 0.29) is 11.4 Å². The maximum atomic E-state index is 13.2. The van der Waals surface area contributed by atoms with Crippen LogP contribution in [0.15, 0.2) is 57.7 Å². The molecule has 0 amide bonds. The highest BCUT2D eigenvalue weighted by Crippen LogP contribution is 2.24. The zero-order chi connectivity index (χ0) is 19.4. The molecule has 3 rings (SSSR count). The van der Waals surface area contributed by atoms with Crippen molar-refractivity contribution in [3.05, 3.63) is 75.9 Å². The first-order valence-corrected chi connectivity index (χ1v) is 9.02. The topological polar surface area (TPSA) is 42.7 Å². The van der Waals surface area contributed by atoms with Gasteiger partial charge in [0.05, 0.1) is 7.11 Å². The highest BCUT2D eigenvalue weighted by molar-refractivity contribution is 5.81. The summed E-state index contributed by atoms with van der Waals surface area (Å²) in [4.78, 5) is 14.3. The first kappa shape index (κ1) is 19.1. The van der Waals surface area contributed by atoms with Crippen LogP contribution in [0.1, 0.15) is 25.0 Å². The van der Waals surface area contributed by atoms with E-state index in [0.29, 0.717) is 30.3 Å². The van der Waals surface area contributed by atoms with Gasteiger partial charge < -0.3 is 9.15 Å². The Hall–Kier alpha value is -2.66. The number of hydrogen-bond donors (Lipinski definition) is 0. The first-order valence-electron chi connectivity index (χ1n) is 9.02. The minimum absolute atomic E-state index is 0.243. The molecule has 5 heteroatoms. The molecular formula is C22H24FNO3. The Balaban J connectivity index is 1.94. The summed E-state index contributed by atoms with van der Waals surface area (Å²) >= 11 is 0. The van der Waals surface area contributed by atoms with Gasteiger partial charge >= 0.3 is 5.63 Å². The fourth-order valence-corrected chi connectivity index (χ4v) is 3.25. The standard InChI is InChI=1S/C22H24FNO3/c1-15(2)12-24(13-16-4-6-18(23)7-5-16)14-17-10-22(25)27-21-9-8-19(26-3)11-20(17)21/h4-11,15H,12-14H2,1-3H3. The lowest BCUT2D eigenvalue weighted by Gasteiger charge is -2.25. The van der Waals surface area contributed by atoms with E-state index in [2.05, 4.69) is 18.7 Å². The fourth-order valence-electron chi connectivity index (χ4n) is 3.25. The molecule has 0 N–H and O–H groups in total. The number of nitrogens with zero attached hydrogens (tertiary/aromatic N) is 1. The van der Waals surface area contributed by atoms with Crippen LogP contribution in [0.3, 0.4) is 0 Å². The molecule has 1 heterocycles. The molecule has 0 saturated carbocycles. The number of ether oxygens (including phenoxy) is 1. The van der Waals surface area contributed by atoms with Crippen molar-refractivity contribution >= 4 is 11.0 Å². The highest BCUT2D eigenvalue weighted by atomic mass is 19.1. The van der Waals surface area contributed by atoms with Crippen molar-refractivity contribution in [1.29, 1.82) is 0 Å². The fraction of sp³-hybridized carbons (Fsp3) is 0.318. The Bertz CT molecular complexity index is 963. The average molecular weight is 369 g/mol. The third kappa shape index (κ3) is 4.95. The minimum Gasteiger partial charge on any atom is -0.497 e. The van der Waals surface area contributed by atoms with Crippen molar-refractivity contribution in [3.63, 3.8) is 0 Å². The van der Waals surface area contributed by atoms with Gasteiger partial charge in [0.25, 0.3) is 0 Å². The van der Waals surface area contributed by atoms with Crippen LogP contribution in [0.4, 0.5) is 4.39 Å². The Morgan fingerprint density at radius 1 is 1.07 bits per heavy atom. The summed E-state index contributed by atoms with van der Waals surface area (Å²) in [5.74, 6) is 0.922. The van der Waals surface area contributed by atoms with E-state index in [4.69, 9.17) is 9.15 Å². The lowest BCUT2D eigenvalue weighted by molar-refractivity contribution is 0.228. The van der Waals surface area contributed by atoms with E-state index in [0.717, 1.165) is 23.1 Å². The van der Waals surface area contributed by atoms with E-state index in [1.54, 1.807) is 37.4 Å². The van der Waals surface area contributed by atoms with Gasteiger partial charge in [-0.05, 0) is 47.4 Å². The summed E-state index contributed by atoms with van der Waals surface area (Å²) in [6.07, 6.45) is 0. The Morgan fingerprint density at radius 2 is 1.81 bits per heavy atom. The van der Waals surface area contributed by atoms with Gasteiger partial charge in [0.1, 0.15) is 17.1 Å². The van der Waals surface area contributed by atoms with E-state index in [1.165, 1.54) is 12.1 Å². The molecule has 0 atom stereocenters. The van der Waals surface area contributed by atoms with Crippen LogP contribution in [0.2, 0.25) is 0 Å². The first-order chi connectivity index (χ1) is 12.9. The highest BCUT2D eigenvalue weighted by Gasteiger charge is 2.14. The number of hydrogen-bond acceptors (Lipinski definition) is 4. The van der Waals surface area contributed by atoms with Crippen molar-refractivity contribution in [3.8, 4) is 5.75 Å².